The molecule has 0 aliphatic rings. The topological polar surface area (TPSA) is 262 Å². The minimum Gasteiger partial charge on any atom is -0.412 e. The SMILES string of the molecule is O.O.O=[N+]([O-])[O-].O=[N+]([O-])[O-].O=[N+]([O-])[O-].[Bi+3]. The first-order valence-corrected chi connectivity index (χ1v) is 1.64. The summed E-state index contributed by atoms with van der Waals surface area (Å²) in [6.07, 6.45) is 0. The van der Waals surface area contributed by atoms with Gasteiger partial charge in [0.2, 0.25) is 0 Å². The molecule has 0 aliphatic heterocycles. The Bertz CT molecular complexity index is 113. The van der Waals surface area contributed by atoms with Crippen LogP contribution in [0.3, 0.4) is 0 Å². The van der Waals surface area contributed by atoms with Gasteiger partial charge >= 0.3 is 26.2 Å². The monoisotopic (exact) mass is 431 g/mol. The third-order valence-corrected chi connectivity index (χ3v) is 0. The van der Waals surface area contributed by atoms with Gasteiger partial charge in [-0.3, -0.25) is 0 Å². The Morgan fingerprint density at radius 2 is 0.533 bits per heavy atom. The van der Waals surface area contributed by atoms with Gasteiger partial charge in [0.25, 0.3) is 0 Å². The zero-order valence-corrected chi connectivity index (χ0v) is 9.94. The maximum atomic E-state index is 8.25. The first kappa shape index (κ1) is 37.6. The average molecular weight is 431 g/mol. The van der Waals surface area contributed by atoms with Gasteiger partial charge in [0.1, 0.15) is 0 Å². The molecule has 0 aromatic rings. The predicted octanol–water partition coefficient (Wildman–Crippen LogP) is -2.75. The molecule has 0 aromatic carbocycles. The summed E-state index contributed by atoms with van der Waals surface area (Å²) < 4.78 is 0. The van der Waals surface area contributed by atoms with Crippen LogP contribution >= 0.6 is 0 Å². The van der Waals surface area contributed by atoms with Crippen molar-refractivity contribution in [2.24, 2.45) is 0 Å². The molecule has 15 heavy (non-hydrogen) atoms. The molecule has 0 bridgehead atoms. The van der Waals surface area contributed by atoms with Crippen LogP contribution in [0.1, 0.15) is 0 Å². The molecule has 0 spiro atoms. The van der Waals surface area contributed by atoms with Crippen LogP contribution in [-0.2, 0) is 0 Å². The minimum absolute atomic E-state index is 0. The molecule has 0 unspecified atom stereocenters. The molecular formula is H4BiN3O11. The van der Waals surface area contributed by atoms with E-state index >= 15 is 0 Å². The number of hydrogen-bond acceptors (Lipinski definition) is 9. The van der Waals surface area contributed by atoms with Crippen molar-refractivity contribution in [2.75, 3.05) is 0 Å². The largest absolute Gasteiger partial charge is 3.00 e. The predicted molar refractivity (Wildman–Crippen MR) is 44.1 cm³/mol. The molecule has 0 atom stereocenters. The molecule has 0 amide bonds. The van der Waals surface area contributed by atoms with Crippen molar-refractivity contribution in [3.05, 3.63) is 46.0 Å². The molecule has 0 aromatic heterocycles. The molecule has 0 rings (SSSR count). The van der Waals surface area contributed by atoms with Crippen LogP contribution in [-0.4, -0.2) is 52.4 Å². The van der Waals surface area contributed by atoms with Crippen LogP contribution in [0.2, 0.25) is 0 Å². The summed E-state index contributed by atoms with van der Waals surface area (Å²) in [6, 6.07) is 0. The first-order valence-electron chi connectivity index (χ1n) is 1.64. The van der Waals surface area contributed by atoms with Crippen molar-refractivity contribution < 1.29 is 26.2 Å². The molecule has 0 saturated carbocycles. The Labute approximate surface area is 98.8 Å². The summed E-state index contributed by atoms with van der Waals surface area (Å²) in [7, 11) is 0. The molecule has 0 aliphatic carbocycles. The second kappa shape index (κ2) is 29.4. The third kappa shape index (κ3) is 526. The first-order chi connectivity index (χ1) is 5.20. The second-order valence-electron chi connectivity index (χ2n) is 0.671. The summed E-state index contributed by atoms with van der Waals surface area (Å²) in [4.78, 5) is 24.8. The maximum Gasteiger partial charge on any atom is 3.00 e. The summed E-state index contributed by atoms with van der Waals surface area (Å²) in [5, 5.41) is 44.2. The summed E-state index contributed by atoms with van der Waals surface area (Å²) in [5.74, 6) is 0. The van der Waals surface area contributed by atoms with Crippen LogP contribution in [0.4, 0.5) is 0 Å². The van der Waals surface area contributed by atoms with E-state index in [4.69, 9.17) is 46.0 Å². The van der Waals surface area contributed by atoms with Gasteiger partial charge in [-0.05, 0) is 0 Å². The Hall–Kier alpha value is -1.60. The summed E-state index contributed by atoms with van der Waals surface area (Å²) >= 11 is 0. The normalized spacial score (nSPS) is 4.80. The molecule has 4 N–H and O–H groups in total. The fraction of sp³-hybridized carbons (Fsp3) is 0. The van der Waals surface area contributed by atoms with Crippen LogP contribution in [0, 0.1) is 46.0 Å². The van der Waals surface area contributed by atoms with Crippen molar-refractivity contribution in [2.45, 2.75) is 0 Å². The summed E-state index contributed by atoms with van der Waals surface area (Å²) in [5.41, 5.74) is 0. The van der Waals surface area contributed by atoms with Gasteiger partial charge in [-0.25, -0.2) is 0 Å². The van der Waals surface area contributed by atoms with E-state index in [9.17, 15) is 0 Å². The van der Waals surface area contributed by atoms with Gasteiger partial charge in [0.05, 0.1) is 15.3 Å². The van der Waals surface area contributed by atoms with Gasteiger partial charge in [-0.2, -0.15) is 0 Å². The van der Waals surface area contributed by atoms with E-state index in [1.165, 1.54) is 0 Å². The standard InChI is InChI=1S/Bi.3NO3.2H2O/c;3*2-1(3)4;;/h;;;;2*1H2/q+3;3*-1;;. The van der Waals surface area contributed by atoms with Gasteiger partial charge in [-0.15, -0.1) is 0 Å². The van der Waals surface area contributed by atoms with Gasteiger partial charge in [0.15, 0.2) is 0 Å². The summed E-state index contributed by atoms with van der Waals surface area (Å²) in [6.45, 7) is 0. The molecule has 2 radical (unpaired) electrons. The number of hydrogen-bond donors (Lipinski definition) is 0. The van der Waals surface area contributed by atoms with Crippen LogP contribution in [0.25, 0.3) is 0 Å². The van der Waals surface area contributed by atoms with E-state index in [2.05, 4.69) is 0 Å². The van der Waals surface area contributed by atoms with Crippen LogP contribution < -0.4 is 0 Å². The van der Waals surface area contributed by atoms with Crippen molar-refractivity contribution >= 4 is 26.2 Å². The van der Waals surface area contributed by atoms with Crippen molar-refractivity contribution in [1.82, 2.24) is 0 Å². The zero-order chi connectivity index (χ0) is 10.7. The number of nitrogens with zero attached hydrogens (tertiary/aromatic N) is 3. The van der Waals surface area contributed by atoms with Crippen molar-refractivity contribution in [1.29, 1.82) is 0 Å². The van der Waals surface area contributed by atoms with Crippen LogP contribution in [0.5, 0.6) is 0 Å². The van der Waals surface area contributed by atoms with E-state index in [0.29, 0.717) is 0 Å². The van der Waals surface area contributed by atoms with Crippen molar-refractivity contribution in [3.63, 3.8) is 0 Å². The molecule has 14 nitrogen and oxygen atoms in total. The van der Waals surface area contributed by atoms with E-state index in [1.54, 1.807) is 0 Å². The van der Waals surface area contributed by atoms with E-state index in [1.807, 2.05) is 0 Å². The van der Waals surface area contributed by atoms with E-state index in [-0.39, 0.29) is 37.2 Å². The molecule has 0 saturated heterocycles. The molecule has 15 heteroatoms. The van der Waals surface area contributed by atoms with Gasteiger partial charge in [0, 0.05) is 0 Å². The number of rotatable bonds is 0. The Morgan fingerprint density at radius 3 is 0.533 bits per heavy atom. The molecule has 0 fully saturated rings. The molecule has 0 heterocycles. The Morgan fingerprint density at radius 1 is 0.533 bits per heavy atom. The van der Waals surface area contributed by atoms with Crippen molar-refractivity contribution in [3.8, 4) is 0 Å². The fourth-order valence-electron chi connectivity index (χ4n) is 0. The molecule has 90 valence electrons. The second-order valence-corrected chi connectivity index (χ2v) is 0.671. The third-order valence-electron chi connectivity index (χ3n) is 0. The zero-order valence-electron chi connectivity index (χ0n) is 6.46. The Kier molecular flexibility index (Phi) is 73.8. The minimum atomic E-state index is -1.75. The van der Waals surface area contributed by atoms with Gasteiger partial charge < -0.3 is 56.9 Å². The van der Waals surface area contributed by atoms with E-state index in [0.717, 1.165) is 0 Å². The quantitative estimate of drug-likeness (QED) is 0.218. The smallest absolute Gasteiger partial charge is 0.412 e. The van der Waals surface area contributed by atoms with Crippen LogP contribution in [0.15, 0.2) is 0 Å². The Balaban J connectivity index is -0.0000000184. The molecular weight excluding hydrogens is 427 g/mol. The van der Waals surface area contributed by atoms with Gasteiger partial charge in [-0.1, -0.05) is 0 Å². The average Bonchev–Trinajstić information content (AvgIpc) is 1.54. The maximum absolute atomic E-state index is 8.25. The fourth-order valence-corrected chi connectivity index (χ4v) is 0. The van der Waals surface area contributed by atoms with E-state index < -0.39 is 15.3 Å².